The van der Waals surface area contributed by atoms with E-state index in [1.165, 1.54) is 0 Å². The second kappa shape index (κ2) is 5.97. The largest absolute Gasteiger partial charge is 0.347 e. The summed E-state index contributed by atoms with van der Waals surface area (Å²) in [4.78, 5) is 6.95. The van der Waals surface area contributed by atoms with Crippen molar-refractivity contribution in [2.45, 2.75) is 25.8 Å². The summed E-state index contributed by atoms with van der Waals surface area (Å²) in [6.07, 6.45) is 4.39. The first-order valence-corrected chi connectivity index (χ1v) is 6.93. The van der Waals surface area contributed by atoms with Crippen LogP contribution in [0.15, 0.2) is 12.4 Å². The van der Waals surface area contributed by atoms with Gasteiger partial charge in [-0.1, -0.05) is 6.92 Å². The highest BCUT2D eigenvalue weighted by Gasteiger charge is 2.18. The van der Waals surface area contributed by atoms with E-state index >= 15 is 0 Å². The fourth-order valence-corrected chi connectivity index (χ4v) is 2.73. The van der Waals surface area contributed by atoms with Crippen molar-refractivity contribution in [1.82, 2.24) is 14.7 Å². The molecule has 1 aromatic rings. The van der Waals surface area contributed by atoms with Gasteiger partial charge in [0.2, 0.25) is 10.0 Å². The Bertz CT molecular complexity index is 388. The summed E-state index contributed by atoms with van der Waals surface area (Å²) in [5.41, 5.74) is 5.28. The molecular formula is C9H18N4O2S. The van der Waals surface area contributed by atoms with Crippen LogP contribution in [0.5, 0.6) is 0 Å². The van der Waals surface area contributed by atoms with E-state index in [0.29, 0.717) is 25.2 Å². The van der Waals surface area contributed by atoms with E-state index in [4.69, 9.17) is 5.73 Å². The molecule has 0 aliphatic rings. The molecule has 1 aromatic heterocycles. The van der Waals surface area contributed by atoms with Crippen LogP contribution in [-0.2, 0) is 10.0 Å². The molecule has 92 valence electrons. The Balaban J connectivity index is 2.63. The molecule has 0 bridgehead atoms. The summed E-state index contributed by atoms with van der Waals surface area (Å²) in [7, 11) is -3.27. The van der Waals surface area contributed by atoms with Crippen molar-refractivity contribution < 1.29 is 8.42 Å². The molecule has 1 unspecified atom stereocenters. The maximum absolute atomic E-state index is 11.6. The van der Waals surface area contributed by atoms with Crippen LogP contribution < -0.4 is 10.5 Å². The number of aromatic amines is 1. The molecule has 1 atom stereocenters. The van der Waals surface area contributed by atoms with Gasteiger partial charge < -0.3 is 10.7 Å². The standard InChI is InChI=1S/C9H18N4O2S/c1-2-8(9-11-5-6-12-9)13-16(14,15)7-3-4-10/h5-6,8,13H,2-4,7,10H2,1H3,(H,11,12). The number of nitrogens with one attached hydrogen (secondary N) is 2. The fourth-order valence-electron chi connectivity index (χ4n) is 1.35. The number of imidazole rings is 1. The number of sulfonamides is 1. The molecular weight excluding hydrogens is 228 g/mol. The first-order chi connectivity index (χ1) is 7.59. The SMILES string of the molecule is CCC(NS(=O)(=O)CCCN)c1ncc[nH]1. The van der Waals surface area contributed by atoms with Gasteiger partial charge >= 0.3 is 0 Å². The summed E-state index contributed by atoms with van der Waals surface area (Å²) < 4.78 is 25.9. The third-order valence-electron chi connectivity index (χ3n) is 2.20. The highest BCUT2D eigenvalue weighted by Crippen LogP contribution is 2.12. The number of nitrogens with two attached hydrogens (primary N) is 1. The third kappa shape index (κ3) is 3.92. The van der Waals surface area contributed by atoms with Gasteiger partial charge in [-0.25, -0.2) is 18.1 Å². The Morgan fingerprint density at radius 3 is 2.88 bits per heavy atom. The Hall–Kier alpha value is -0.920. The van der Waals surface area contributed by atoms with Crippen molar-refractivity contribution in [1.29, 1.82) is 0 Å². The minimum atomic E-state index is -3.27. The van der Waals surface area contributed by atoms with Gasteiger partial charge in [-0.15, -0.1) is 0 Å². The zero-order valence-corrected chi connectivity index (χ0v) is 10.1. The van der Waals surface area contributed by atoms with Crippen LogP contribution in [0.4, 0.5) is 0 Å². The predicted molar refractivity (Wildman–Crippen MR) is 62.2 cm³/mol. The van der Waals surface area contributed by atoms with Crippen molar-refractivity contribution in [3.05, 3.63) is 18.2 Å². The lowest BCUT2D eigenvalue weighted by atomic mass is 10.2. The number of H-pyrrole nitrogens is 1. The van der Waals surface area contributed by atoms with Crippen LogP contribution in [0.2, 0.25) is 0 Å². The highest BCUT2D eigenvalue weighted by atomic mass is 32.2. The molecule has 16 heavy (non-hydrogen) atoms. The molecule has 0 amide bonds. The first-order valence-electron chi connectivity index (χ1n) is 5.28. The summed E-state index contributed by atoms with van der Waals surface area (Å²) in [6, 6.07) is -0.294. The van der Waals surface area contributed by atoms with Gasteiger partial charge in [0.1, 0.15) is 5.82 Å². The molecule has 0 aliphatic carbocycles. The molecule has 0 aromatic carbocycles. The first kappa shape index (κ1) is 13.1. The van der Waals surface area contributed by atoms with Crippen molar-refractivity contribution in [2.24, 2.45) is 5.73 Å². The zero-order chi connectivity index (χ0) is 12.0. The summed E-state index contributed by atoms with van der Waals surface area (Å²) in [5.74, 6) is 0.694. The Morgan fingerprint density at radius 1 is 1.62 bits per heavy atom. The minimum absolute atomic E-state index is 0.0563. The van der Waals surface area contributed by atoms with Crippen molar-refractivity contribution >= 4 is 10.0 Å². The lowest BCUT2D eigenvalue weighted by Gasteiger charge is -2.14. The van der Waals surface area contributed by atoms with Gasteiger partial charge in [-0.2, -0.15) is 0 Å². The second-order valence-corrected chi connectivity index (χ2v) is 5.39. The molecule has 4 N–H and O–H groups in total. The summed E-state index contributed by atoms with van der Waals surface area (Å²) >= 11 is 0. The van der Waals surface area contributed by atoms with E-state index < -0.39 is 10.0 Å². The molecule has 1 heterocycles. The fraction of sp³-hybridized carbons (Fsp3) is 0.667. The molecule has 0 aliphatic heterocycles. The van der Waals surface area contributed by atoms with Gasteiger partial charge in [0, 0.05) is 12.4 Å². The maximum Gasteiger partial charge on any atom is 0.212 e. The topological polar surface area (TPSA) is 101 Å². The average Bonchev–Trinajstić information content (AvgIpc) is 2.76. The number of aromatic nitrogens is 2. The van der Waals surface area contributed by atoms with Gasteiger partial charge in [0.15, 0.2) is 0 Å². The van der Waals surface area contributed by atoms with Crippen LogP contribution in [0.1, 0.15) is 31.6 Å². The molecule has 1 rings (SSSR count). The number of nitrogens with zero attached hydrogens (tertiary/aromatic N) is 1. The van der Waals surface area contributed by atoms with E-state index in [0.717, 1.165) is 0 Å². The lowest BCUT2D eigenvalue weighted by Crippen LogP contribution is -2.31. The maximum atomic E-state index is 11.6. The highest BCUT2D eigenvalue weighted by molar-refractivity contribution is 7.89. The van der Waals surface area contributed by atoms with Crippen LogP contribution in [-0.4, -0.2) is 30.7 Å². The smallest absolute Gasteiger partial charge is 0.212 e. The van der Waals surface area contributed by atoms with Gasteiger partial charge in [0.05, 0.1) is 11.8 Å². The molecule has 0 fully saturated rings. The Labute approximate surface area is 95.7 Å². The molecule has 0 saturated heterocycles. The number of hydrogen-bond donors (Lipinski definition) is 3. The molecule has 0 spiro atoms. The third-order valence-corrected chi connectivity index (χ3v) is 3.67. The zero-order valence-electron chi connectivity index (χ0n) is 9.31. The quantitative estimate of drug-likeness (QED) is 0.636. The van der Waals surface area contributed by atoms with Crippen LogP contribution in [0.3, 0.4) is 0 Å². The summed E-state index contributed by atoms with van der Waals surface area (Å²) in [6.45, 7) is 2.27. The lowest BCUT2D eigenvalue weighted by molar-refractivity contribution is 0.537. The molecule has 0 radical (unpaired) electrons. The van der Waals surface area contributed by atoms with Crippen LogP contribution >= 0.6 is 0 Å². The van der Waals surface area contributed by atoms with Gasteiger partial charge in [-0.05, 0) is 19.4 Å². The molecule has 0 saturated carbocycles. The monoisotopic (exact) mass is 246 g/mol. The van der Waals surface area contributed by atoms with Gasteiger partial charge in [0.25, 0.3) is 0 Å². The Kier molecular flexibility index (Phi) is 4.91. The van der Waals surface area contributed by atoms with E-state index in [1.807, 2.05) is 6.92 Å². The van der Waals surface area contributed by atoms with Crippen molar-refractivity contribution in [2.75, 3.05) is 12.3 Å². The van der Waals surface area contributed by atoms with E-state index in [1.54, 1.807) is 12.4 Å². The van der Waals surface area contributed by atoms with Crippen molar-refractivity contribution in [3.8, 4) is 0 Å². The minimum Gasteiger partial charge on any atom is -0.347 e. The average molecular weight is 246 g/mol. The van der Waals surface area contributed by atoms with Gasteiger partial charge in [-0.3, -0.25) is 0 Å². The number of hydrogen-bond acceptors (Lipinski definition) is 4. The normalized spacial score (nSPS) is 13.9. The van der Waals surface area contributed by atoms with E-state index in [-0.39, 0.29) is 11.8 Å². The van der Waals surface area contributed by atoms with Crippen LogP contribution in [0.25, 0.3) is 0 Å². The number of rotatable bonds is 7. The predicted octanol–water partition coefficient (Wildman–Crippen LogP) is 0.129. The second-order valence-electron chi connectivity index (χ2n) is 3.51. The molecule has 6 nitrogen and oxygen atoms in total. The van der Waals surface area contributed by atoms with E-state index in [9.17, 15) is 8.42 Å². The molecule has 7 heteroatoms. The Morgan fingerprint density at radius 2 is 2.38 bits per heavy atom. The summed E-state index contributed by atoms with van der Waals surface area (Å²) in [5, 5.41) is 0. The van der Waals surface area contributed by atoms with Crippen molar-refractivity contribution in [3.63, 3.8) is 0 Å². The van der Waals surface area contributed by atoms with Crippen LogP contribution in [0, 0.1) is 0 Å². The van der Waals surface area contributed by atoms with E-state index in [2.05, 4.69) is 14.7 Å².